The molecule has 0 aliphatic carbocycles. The van der Waals surface area contributed by atoms with Gasteiger partial charge in [-0.15, -0.1) is 0 Å². The first-order valence-electron chi connectivity index (χ1n) is 8.36. The molecule has 9 N–H and O–H groups in total. The lowest BCUT2D eigenvalue weighted by Gasteiger charge is -2.21. The highest BCUT2D eigenvalue weighted by Crippen LogP contribution is 2.11. The number of nitrogens with two attached hydrogens (primary N) is 2. The fourth-order valence-corrected chi connectivity index (χ4v) is 2.31. The van der Waals surface area contributed by atoms with E-state index in [4.69, 9.17) is 16.6 Å². The molecule has 1 aromatic carbocycles. The van der Waals surface area contributed by atoms with E-state index in [-0.39, 0.29) is 12.2 Å². The second kappa shape index (κ2) is 10.6. The van der Waals surface area contributed by atoms with Crippen LogP contribution in [0.2, 0.25) is 0 Å². The Labute approximate surface area is 164 Å². The molecule has 0 bridgehead atoms. The summed E-state index contributed by atoms with van der Waals surface area (Å²) in [5.74, 6) is -5.77. The maximum atomic E-state index is 12.4. The van der Waals surface area contributed by atoms with Crippen LogP contribution < -0.4 is 22.1 Å². The number of hydrogen-bond donors (Lipinski definition) is 7. The van der Waals surface area contributed by atoms with Gasteiger partial charge in [0.25, 0.3) is 0 Å². The number of nitrogens with one attached hydrogen (secondary N) is 2. The van der Waals surface area contributed by atoms with Gasteiger partial charge in [-0.1, -0.05) is 12.1 Å². The molecule has 0 radical (unpaired) electrons. The van der Waals surface area contributed by atoms with Gasteiger partial charge in [0.05, 0.1) is 18.9 Å². The number of carbonyl (C=O) groups excluding carboxylic acids is 3. The number of amides is 3. The van der Waals surface area contributed by atoms with E-state index in [1.807, 2.05) is 0 Å². The molecule has 0 spiro atoms. The fraction of sp³-hybridized carbons (Fsp3) is 0.353. The van der Waals surface area contributed by atoms with E-state index in [0.717, 1.165) is 0 Å². The van der Waals surface area contributed by atoms with Crippen LogP contribution >= 0.6 is 0 Å². The highest BCUT2D eigenvalue weighted by Gasteiger charge is 2.30. The molecule has 12 heteroatoms. The monoisotopic (exact) mass is 410 g/mol. The van der Waals surface area contributed by atoms with Gasteiger partial charge in [0.15, 0.2) is 0 Å². The minimum Gasteiger partial charge on any atom is -0.508 e. The van der Waals surface area contributed by atoms with Gasteiger partial charge in [-0.3, -0.25) is 19.2 Å². The number of aromatic hydroxyl groups is 1. The minimum atomic E-state index is -1.62. The molecule has 0 fully saturated rings. The van der Waals surface area contributed by atoms with Gasteiger partial charge >= 0.3 is 11.9 Å². The second-order valence-corrected chi connectivity index (χ2v) is 6.21. The highest BCUT2D eigenvalue weighted by molar-refractivity contribution is 5.95. The Kier molecular flexibility index (Phi) is 8.55. The normalized spacial score (nSPS) is 13.6. The maximum absolute atomic E-state index is 12.4. The number of aliphatic carboxylic acids is 2. The molecular formula is C17H22N4O8. The van der Waals surface area contributed by atoms with Crippen molar-refractivity contribution in [3.63, 3.8) is 0 Å². The fourth-order valence-electron chi connectivity index (χ4n) is 2.31. The minimum absolute atomic E-state index is 0.0267. The molecule has 1 aromatic rings. The Balaban J connectivity index is 2.88. The van der Waals surface area contributed by atoms with Crippen molar-refractivity contribution in [1.29, 1.82) is 0 Å². The summed E-state index contributed by atoms with van der Waals surface area (Å²) in [4.78, 5) is 57.7. The van der Waals surface area contributed by atoms with Crippen LogP contribution in [0.3, 0.4) is 0 Å². The van der Waals surface area contributed by atoms with E-state index in [0.29, 0.717) is 5.56 Å². The largest absolute Gasteiger partial charge is 0.508 e. The average Bonchev–Trinajstić information content (AvgIpc) is 2.61. The summed E-state index contributed by atoms with van der Waals surface area (Å²) in [6.07, 6.45) is -1.52. The molecule has 12 nitrogen and oxygen atoms in total. The molecule has 158 valence electrons. The zero-order valence-corrected chi connectivity index (χ0v) is 15.2. The first-order valence-corrected chi connectivity index (χ1v) is 8.36. The summed E-state index contributed by atoms with van der Waals surface area (Å²) in [6, 6.07) is 1.13. The lowest BCUT2D eigenvalue weighted by Crippen LogP contribution is -2.55. The SMILES string of the molecule is NC(=O)C[C@H](N)C(=O)N[C@@H](CC(=O)O)C(=O)N[C@@H](Cc1ccc(O)cc1)C(=O)O. The number of benzene rings is 1. The van der Waals surface area contributed by atoms with Gasteiger partial charge < -0.3 is 37.4 Å². The average molecular weight is 410 g/mol. The van der Waals surface area contributed by atoms with Crippen molar-refractivity contribution >= 4 is 29.7 Å². The summed E-state index contributed by atoms with van der Waals surface area (Å²) in [5.41, 5.74) is 10.9. The Hall–Kier alpha value is -3.67. The van der Waals surface area contributed by atoms with E-state index < -0.39 is 60.6 Å². The van der Waals surface area contributed by atoms with Crippen molar-refractivity contribution in [3.8, 4) is 5.75 Å². The molecule has 0 saturated heterocycles. The maximum Gasteiger partial charge on any atom is 0.326 e. The number of primary amides is 1. The van der Waals surface area contributed by atoms with Crippen molar-refractivity contribution in [3.05, 3.63) is 29.8 Å². The van der Waals surface area contributed by atoms with E-state index in [9.17, 15) is 34.2 Å². The van der Waals surface area contributed by atoms with E-state index in [2.05, 4.69) is 10.6 Å². The first-order chi connectivity index (χ1) is 13.5. The van der Waals surface area contributed by atoms with E-state index >= 15 is 0 Å². The third-order valence-corrected chi connectivity index (χ3v) is 3.76. The number of carbonyl (C=O) groups is 5. The summed E-state index contributed by atoms with van der Waals surface area (Å²) in [5, 5.41) is 31.8. The van der Waals surface area contributed by atoms with Crippen molar-refractivity contribution in [2.45, 2.75) is 37.4 Å². The Morgan fingerprint density at radius 2 is 1.45 bits per heavy atom. The van der Waals surface area contributed by atoms with Gasteiger partial charge in [0, 0.05) is 6.42 Å². The van der Waals surface area contributed by atoms with E-state index in [1.165, 1.54) is 24.3 Å². The van der Waals surface area contributed by atoms with Gasteiger partial charge in [0.1, 0.15) is 17.8 Å². The quantitative estimate of drug-likeness (QED) is 0.207. The standard InChI is InChI=1S/C17H22N4O8/c18-10(6-13(19)23)15(26)20-11(7-14(24)25)16(27)21-12(17(28)29)5-8-1-3-9(22)4-2-8/h1-4,10-12,22H,5-7,18H2,(H2,19,23)(H,20,26)(H,21,27)(H,24,25)(H,28,29)/t10-,11-,12-/m0/s1. The topological polar surface area (TPSA) is 222 Å². The molecule has 0 saturated carbocycles. The predicted octanol–water partition coefficient (Wildman–Crippen LogP) is -2.33. The lowest BCUT2D eigenvalue weighted by molar-refractivity contribution is -0.143. The van der Waals surface area contributed by atoms with Crippen LogP contribution in [0, 0.1) is 0 Å². The Bertz CT molecular complexity index is 780. The van der Waals surface area contributed by atoms with Crippen LogP contribution in [0.15, 0.2) is 24.3 Å². The van der Waals surface area contributed by atoms with Gasteiger partial charge in [-0.2, -0.15) is 0 Å². The third kappa shape index (κ3) is 8.26. The van der Waals surface area contributed by atoms with Crippen molar-refractivity contribution < 1.29 is 39.3 Å². The number of carboxylic acids is 2. The summed E-state index contributed by atoms with van der Waals surface area (Å²) < 4.78 is 0. The van der Waals surface area contributed by atoms with E-state index in [1.54, 1.807) is 0 Å². The van der Waals surface area contributed by atoms with Gasteiger partial charge in [0.2, 0.25) is 17.7 Å². The molecule has 0 aliphatic rings. The molecule has 1 rings (SSSR count). The molecule has 29 heavy (non-hydrogen) atoms. The molecule has 3 amide bonds. The summed E-state index contributed by atoms with van der Waals surface area (Å²) in [7, 11) is 0. The van der Waals surface area contributed by atoms with Crippen molar-refractivity contribution in [2.24, 2.45) is 11.5 Å². The van der Waals surface area contributed by atoms with Crippen LogP contribution in [-0.2, 0) is 30.4 Å². The van der Waals surface area contributed by atoms with Crippen LogP contribution in [0.4, 0.5) is 0 Å². The Morgan fingerprint density at radius 3 is 1.93 bits per heavy atom. The lowest BCUT2D eigenvalue weighted by atomic mass is 10.0. The van der Waals surface area contributed by atoms with Crippen LogP contribution in [0.1, 0.15) is 18.4 Å². The second-order valence-electron chi connectivity index (χ2n) is 6.21. The molecule has 0 unspecified atom stereocenters. The van der Waals surface area contributed by atoms with Crippen molar-refractivity contribution in [1.82, 2.24) is 10.6 Å². The molecule has 0 heterocycles. The number of phenols is 1. The number of hydrogen-bond acceptors (Lipinski definition) is 7. The first kappa shape index (κ1) is 23.4. The van der Waals surface area contributed by atoms with Gasteiger partial charge in [-0.05, 0) is 17.7 Å². The number of carboxylic acid groups (broad SMARTS) is 2. The van der Waals surface area contributed by atoms with Gasteiger partial charge in [-0.25, -0.2) is 4.79 Å². The highest BCUT2D eigenvalue weighted by atomic mass is 16.4. The number of phenolic OH excluding ortho intramolecular Hbond substituents is 1. The zero-order valence-electron chi connectivity index (χ0n) is 15.2. The smallest absolute Gasteiger partial charge is 0.326 e. The molecule has 0 aliphatic heterocycles. The van der Waals surface area contributed by atoms with Crippen molar-refractivity contribution in [2.75, 3.05) is 0 Å². The Morgan fingerprint density at radius 1 is 0.897 bits per heavy atom. The summed E-state index contributed by atoms with van der Waals surface area (Å²) >= 11 is 0. The van der Waals surface area contributed by atoms with Crippen LogP contribution in [-0.4, -0.2) is 63.1 Å². The van der Waals surface area contributed by atoms with Crippen LogP contribution in [0.5, 0.6) is 5.75 Å². The summed E-state index contributed by atoms with van der Waals surface area (Å²) in [6.45, 7) is 0. The molecular weight excluding hydrogens is 388 g/mol. The third-order valence-electron chi connectivity index (χ3n) is 3.76. The number of rotatable bonds is 11. The molecule has 0 aromatic heterocycles. The molecule has 3 atom stereocenters. The van der Waals surface area contributed by atoms with Crippen LogP contribution in [0.25, 0.3) is 0 Å². The zero-order chi connectivity index (χ0) is 22.1. The predicted molar refractivity (Wildman–Crippen MR) is 97.3 cm³/mol.